The van der Waals surface area contributed by atoms with Crippen LogP contribution in [-0.2, 0) is 5.41 Å². The molecular formula is C20H23NO2. The first-order chi connectivity index (χ1) is 10.8. The fraction of sp³-hybridized carbons (Fsp3) is 0.300. The smallest absolute Gasteiger partial charge is 0.251 e. The minimum atomic E-state index is -0.152. The average molecular weight is 309 g/mol. The van der Waals surface area contributed by atoms with Crippen LogP contribution < -0.4 is 5.32 Å². The highest BCUT2D eigenvalue weighted by molar-refractivity contribution is 5.97. The Bertz CT molecular complexity index is 715. The number of hydrogen-bond acceptors (Lipinski definition) is 2. The molecule has 0 atom stereocenters. The maximum Gasteiger partial charge on any atom is 0.251 e. The van der Waals surface area contributed by atoms with E-state index in [0.29, 0.717) is 17.7 Å². The summed E-state index contributed by atoms with van der Waals surface area (Å²) in [6, 6.07) is 15.0. The third-order valence-corrected chi connectivity index (χ3v) is 4.12. The molecule has 0 saturated heterocycles. The van der Waals surface area contributed by atoms with Crippen LogP contribution in [0.3, 0.4) is 0 Å². The first-order valence-corrected chi connectivity index (χ1v) is 7.76. The number of rotatable bonds is 5. The molecule has 3 nitrogen and oxygen atoms in total. The van der Waals surface area contributed by atoms with Crippen LogP contribution in [0.2, 0.25) is 0 Å². The summed E-state index contributed by atoms with van der Waals surface area (Å²) in [4.78, 5) is 23.6. The second-order valence-corrected chi connectivity index (χ2v) is 6.52. The number of ketones is 1. The monoisotopic (exact) mass is 309 g/mol. The van der Waals surface area contributed by atoms with Gasteiger partial charge in [-0.1, -0.05) is 50.2 Å². The van der Waals surface area contributed by atoms with Gasteiger partial charge in [0.05, 0.1) is 0 Å². The summed E-state index contributed by atoms with van der Waals surface area (Å²) >= 11 is 0. The zero-order chi connectivity index (χ0) is 17.0. The predicted molar refractivity (Wildman–Crippen MR) is 93.0 cm³/mol. The van der Waals surface area contributed by atoms with E-state index in [2.05, 4.69) is 38.2 Å². The number of amides is 1. The van der Waals surface area contributed by atoms with Crippen LogP contribution in [0.15, 0.2) is 48.5 Å². The molecule has 2 aromatic rings. The molecule has 0 heterocycles. The summed E-state index contributed by atoms with van der Waals surface area (Å²) in [5, 5.41) is 2.99. The van der Waals surface area contributed by atoms with Crippen LogP contribution in [0.25, 0.3) is 0 Å². The first-order valence-electron chi connectivity index (χ1n) is 7.76. The van der Waals surface area contributed by atoms with Crippen molar-refractivity contribution in [3.05, 3.63) is 70.8 Å². The van der Waals surface area contributed by atoms with Gasteiger partial charge in [-0.3, -0.25) is 9.59 Å². The summed E-state index contributed by atoms with van der Waals surface area (Å²) in [5.41, 5.74) is 3.47. The van der Waals surface area contributed by atoms with Crippen molar-refractivity contribution in [1.82, 2.24) is 5.32 Å². The van der Waals surface area contributed by atoms with Gasteiger partial charge in [0, 0.05) is 23.1 Å². The molecule has 0 aliphatic rings. The molecule has 0 bridgehead atoms. The maximum absolute atomic E-state index is 12.3. The Labute approximate surface area is 137 Å². The van der Waals surface area contributed by atoms with Crippen molar-refractivity contribution < 1.29 is 9.59 Å². The first kappa shape index (κ1) is 16.9. The normalized spacial score (nSPS) is 11.1. The number of aryl methyl sites for hydroxylation is 1. The second-order valence-electron chi connectivity index (χ2n) is 6.52. The minimum absolute atomic E-state index is 0.00218. The van der Waals surface area contributed by atoms with E-state index in [1.165, 1.54) is 18.1 Å². The van der Waals surface area contributed by atoms with Gasteiger partial charge in [-0.15, -0.1) is 0 Å². The summed E-state index contributed by atoms with van der Waals surface area (Å²) in [6.07, 6.45) is 0. The Morgan fingerprint density at radius 1 is 0.957 bits per heavy atom. The number of Topliss-reactive ketones (excluding diaryl/α,β-unsaturated/α-hetero) is 1. The summed E-state index contributed by atoms with van der Waals surface area (Å²) < 4.78 is 0. The zero-order valence-corrected chi connectivity index (χ0v) is 14.1. The van der Waals surface area contributed by atoms with E-state index >= 15 is 0 Å². The van der Waals surface area contributed by atoms with Crippen LogP contribution in [0.1, 0.15) is 52.6 Å². The highest BCUT2D eigenvalue weighted by Gasteiger charge is 2.23. The van der Waals surface area contributed by atoms with Gasteiger partial charge in [0.15, 0.2) is 5.78 Å². The molecule has 0 radical (unpaired) electrons. The van der Waals surface area contributed by atoms with Gasteiger partial charge in [0.2, 0.25) is 0 Å². The van der Waals surface area contributed by atoms with E-state index in [0.717, 1.165) is 0 Å². The fourth-order valence-electron chi connectivity index (χ4n) is 2.69. The number of carbonyl (C=O) groups excluding carboxylic acids is 2. The fourth-order valence-corrected chi connectivity index (χ4v) is 2.69. The van der Waals surface area contributed by atoms with Crippen molar-refractivity contribution in [3.8, 4) is 0 Å². The van der Waals surface area contributed by atoms with Crippen molar-refractivity contribution >= 4 is 11.7 Å². The van der Waals surface area contributed by atoms with Gasteiger partial charge in [-0.05, 0) is 37.1 Å². The number of benzene rings is 2. The molecule has 3 heteroatoms. The van der Waals surface area contributed by atoms with E-state index in [1.807, 2.05) is 12.1 Å². The molecule has 1 amide bonds. The third-order valence-electron chi connectivity index (χ3n) is 4.12. The molecule has 0 aliphatic heterocycles. The molecule has 1 N–H and O–H groups in total. The largest absolute Gasteiger partial charge is 0.351 e. The average Bonchev–Trinajstić information content (AvgIpc) is 2.53. The lowest BCUT2D eigenvalue weighted by molar-refractivity contribution is 0.0943. The third kappa shape index (κ3) is 4.07. The van der Waals surface area contributed by atoms with Crippen LogP contribution in [0, 0.1) is 6.92 Å². The van der Waals surface area contributed by atoms with Gasteiger partial charge >= 0.3 is 0 Å². The van der Waals surface area contributed by atoms with E-state index in [4.69, 9.17) is 0 Å². The molecule has 0 fully saturated rings. The molecular weight excluding hydrogens is 286 g/mol. The lowest BCUT2D eigenvalue weighted by atomic mass is 9.82. The topological polar surface area (TPSA) is 46.2 Å². The highest BCUT2D eigenvalue weighted by Crippen LogP contribution is 2.25. The van der Waals surface area contributed by atoms with Gasteiger partial charge in [0.1, 0.15) is 0 Å². The zero-order valence-electron chi connectivity index (χ0n) is 14.1. The summed E-state index contributed by atoms with van der Waals surface area (Å²) in [7, 11) is 0. The molecule has 0 aliphatic carbocycles. The van der Waals surface area contributed by atoms with Gasteiger partial charge in [-0.25, -0.2) is 0 Å². The SMILES string of the molecule is CC(=O)c1ccc(C(=O)NCC(C)(C)c2ccccc2C)cc1. The molecule has 0 aromatic heterocycles. The minimum Gasteiger partial charge on any atom is -0.351 e. The standard InChI is InChI=1S/C20H23NO2/c1-14-7-5-6-8-18(14)20(3,4)13-21-19(23)17-11-9-16(10-12-17)15(2)22/h5-12H,13H2,1-4H3,(H,21,23). The summed E-state index contributed by atoms with van der Waals surface area (Å²) in [6.45, 7) is 8.38. The Hall–Kier alpha value is -2.42. The predicted octanol–water partition coefficient (Wildman–Crippen LogP) is 3.91. The van der Waals surface area contributed by atoms with E-state index in [1.54, 1.807) is 24.3 Å². The van der Waals surface area contributed by atoms with Crippen LogP contribution in [-0.4, -0.2) is 18.2 Å². The van der Waals surface area contributed by atoms with Crippen LogP contribution in [0.5, 0.6) is 0 Å². The van der Waals surface area contributed by atoms with Crippen molar-refractivity contribution in [2.45, 2.75) is 33.1 Å². The Morgan fingerprint density at radius 2 is 1.52 bits per heavy atom. The molecule has 2 aromatic carbocycles. The van der Waals surface area contributed by atoms with Crippen molar-refractivity contribution in [2.24, 2.45) is 0 Å². The summed E-state index contributed by atoms with van der Waals surface area (Å²) in [5.74, 6) is -0.126. The maximum atomic E-state index is 12.3. The van der Waals surface area contributed by atoms with E-state index < -0.39 is 0 Å². The quantitative estimate of drug-likeness (QED) is 0.851. The highest BCUT2D eigenvalue weighted by atomic mass is 16.1. The van der Waals surface area contributed by atoms with E-state index in [-0.39, 0.29) is 17.1 Å². The lowest BCUT2D eigenvalue weighted by Crippen LogP contribution is -2.37. The molecule has 0 unspecified atom stereocenters. The molecule has 0 spiro atoms. The van der Waals surface area contributed by atoms with Crippen molar-refractivity contribution in [3.63, 3.8) is 0 Å². The number of hydrogen-bond donors (Lipinski definition) is 1. The Kier molecular flexibility index (Phi) is 4.99. The Morgan fingerprint density at radius 3 is 2.09 bits per heavy atom. The molecule has 0 saturated carbocycles. The van der Waals surface area contributed by atoms with Crippen molar-refractivity contribution in [2.75, 3.05) is 6.54 Å². The van der Waals surface area contributed by atoms with Crippen molar-refractivity contribution in [1.29, 1.82) is 0 Å². The number of nitrogens with one attached hydrogen (secondary N) is 1. The van der Waals surface area contributed by atoms with Gasteiger partial charge in [0.25, 0.3) is 5.91 Å². The molecule has 2 rings (SSSR count). The van der Waals surface area contributed by atoms with Gasteiger partial charge in [-0.2, -0.15) is 0 Å². The van der Waals surface area contributed by atoms with Crippen LogP contribution in [0.4, 0.5) is 0 Å². The Balaban J connectivity index is 2.06. The van der Waals surface area contributed by atoms with Gasteiger partial charge < -0.3 is 5.32 Å². The lowest BCUT2D eigenvalue weighted by Gasteiger charge is -2.27. The molecule has 120 valence electrons. The second kappa shape index (κ2) is 6.78. The molecule has 23 heavy (non-hydrogen) atoms. The van der Waals surface area contributed by atoms with Crippen LogP contribution >= 0.6 is 0 Å². The van der Waals surface area contributed by atoms with E-state index in [9.17, 15) is 9.59 Å². The number of carbonyl (C=O) groups is 2.